The number of piperidine rings is 1. The standard InChI is InChI=1S/C23H28N6O2/c1-23(2,3)20-13-21(30)28(16-24-20)15-17-9-11-27(12-10-17)22(31)19-14-25-29(26-19)18-7-5-4-6-8-18/h4-8,13-14,16-17H,9-12,15H2,1-3H3. The maximum absolute atomic E-state index is 12.8. The number of amides is 1. The summed E-state index contributed by atoms with van der Waals surface area (Å²) in [6.07, 6.45) is 4.85. The molecule has 4 rings (SSSR count). The maximum Gasteiger partial charge on any atom is 0.276 e. The topological polar surface area (TPSA) is 85.9 Å². The number of rotatable bonds is 4. The van der Waals surface area contributed by atoms with Crippen molar-refractivity contribution >= 4 is 5.91 Å². The van der Waals surface area contributed by atoms with E-state index >= 15 is 0 Å². The fourth-order valence-corrected chi connectivity index (χ4v) is 3.78. The summed E-state index contributed by atoms with van der Waals surface area (Å²) in [5.74, 6) is 0.234. The van der Waals surface area contributed by atoms with E-state index in [2.05, 4.69) is 15.2 Å². The number of hydrogen-bond donors (Lipinski definition) is 0. The predicted octanol–water partition coefficient (Wildman–Crippen LogP) is 2.67. The second-order valence-corrected chi connectivity index (χ2v) is 9.11. The molecule has 0 saturated carbocycles. The lowest BCUT2D eigenvalue weighted by Gasteiger charge is -2.31. The first kappa shape index (κ1) is 21.0. The summed E-state index contributed by atoms with van der Waals surface area (Å²) >= 11 is 0. The van der Waals surface area contributed by atoms with E-state index in [0.717, 1.165) is 24.2 Å². The van der Waals surface area contributed by atoms with E-state index in [4.69, 9.17) is 0 Å². The van der Waals surface area contributed by atoms with E-state index in [9.17, 15) is 9.59 Å². The molecule has 1 amide bonds. The monoisotopic (exact) mass is 420 g/mol. The van der Waals surface area contributed by atoms with Gasteiger partial charge in [0.25, 0.3) is 11.5 Å². The molecule has 0 spiro atoms. The van der Waals surface area contributed by atoms with Gasteiger partial charge >= 0.3 is 0 Å². The molecule has 1 aliphatic rings. The predicted molar refractivity (Wildman–Crippen MR) is 117 cm³/mol. The Morgan fingerprint density at radius 2 is 1.84 bits per heavy atom. The third kappa shape index (κ3) is 4.73. The highest BCUT2D eigenvalue weighted by molar-refractivity contribution is 5.92. The molecule has 31 heavy (non-hydrogen) atoms. The molecule has 0 unspecified atom stereocenters. The summed E-state index contributed by atoms with van der Waals surface area (Å²) in [5.41, 5.74) is 1.80. The van der Waals surface area contributed by atoms with Crippen molar-refractivity contribution in [2.24, 2.45) is 5.92 Å². The second-order valence-electron chi connectivity index (χ2n) is 9.11. The van der Waals surface area contributed by atoms with Crippen molar-refractivity contribution in [1.82, 2.24) is 29.4 Å². The van der Waals surface area contributed by atoms with Crippen LogP contribution < -0.4 is 5.56 Å². The molecule has 3 aromatic rings. The van der Waals surface area contributed by atoms with Crippen LogP contribution in [0, 0.1) is 5.92 Å². The van der Waals surface area contributed by atoms with Crippen LogP contribution in [0.15, 0.2) is 53.7 Å². The van der Waals surface area contributed by atoms with Crippen LogP contribution >= 0.6 is 0 Å². The molecule has 0 bridgehead atoms. The van der Waals surface area contributed by atoms with Gasteiger partial charge < -0.3 is 4.90 Å². The largest absolute Gasteiger partial charge is 0.337 e. The Morgan fingerprint density at radius 3 is 2.48 bits per heavy atom. The lowest BCUT2D eigenvalue weighted by Crippen LogP contribution is -2.40. The van der Waals surface area contributed by atoms with E-state index in [-0.39, 0.29) is 16.9 Å². The number of carbonyl (C=O) groups excluding carboxylic acids is 1. The van der Waals surface area contributed by atoms with Crippen LogP contribution in [0.25, 0.3) is 5.69 Å². The molecule has 3 heterocycles. The van der Waals surface area contributed by atoms with Crippen molar-refractivity contribution in [1.29, 1.82) is 0 Å². The van der Waals surface area contributed by atoms with Gasteiger partial charge in [0.15, 0.2) is 5.69 Å². The van der Waals surface area contributed by atoms with Crippen LogP contribution in [0.4, 0.5) is 0 Å². The highest BCUT2D eigenvalue weighted by Crippen LogP contribution is 2.21. The van der Waals surface area contributed by atoms with Gasteiger partial charge in [-0.1, -0.05) is 39.0 Å². The highest BCUT2D eigenvalue weighted by Gasteiger charge is 2.26. The van der Waals surface area contributed by atoms with Gasteiger partial charge in [-0.2, -0.15) is 9.90 Å². The third-order valence-electron chi connectivity index (χ3n) is 5.70. The van der Waals surface area contributed by atoms with Crippen molar-refractivity contribution < 1.29 is 4.79 Å². The number of aromatic nitrogens is 5. The van der Waals surface area contributed by atoms with Crippen molar-refractivity contribution in [2.75, 3.05) is 13.1 Å². The summed E-state index contributed by atoms with van der Waals surface area (Å²) in [6, 6.07) is 11.2. The third-order valence-corrected chi connectivity index (χ3v) is 5.70. The summed E-state index contributed by atoms with van der Waals surface area (Å²) in [4.78, 5) is 33.1. The van der Waals surface area contributed by atoms with E-state index < -0.39 is 0 Å². The number of nitrogens with zero attached hydrogens (tertiary/aromatic N) is 6. The number of likely N-dealkylation sites (tertiary alicyclic amines) is 1. The molecule has 1 saturated heterocycles. The lowest BCUT2D eigenvalue weighted by atomic mass is 9.92. The number of carbonyl (C=O) groups is 1. The SMILES string of the molecule is CC(C)(C)c1cc(=O)n(CC2CCN(C(=O)c3cnn(-c4ccccc4)n3)CC2)cn1. The van der Waals surface area contributed by atoms with Gasteiger partial charge in [0.2, 0.25) is 0 Å². The average molecular weight is 421 g/mol. The Balaban J connectivity index is 1.35. The minimum atomic E-state index is -0.147. The summed E-state index contributed by atoms with van der Waals surface area (Å²) < 4.78 is 1.68. The molecule has 8 heteroatoms. The average Bonchev–Trinajstić information content (AvgIpc) is 3.25. The first-order valence-electron chi connectivity index (χ1n) is 10.7. The van der Waals surface area contributed by atoms with Crippen molar-refractivity contribution in [3.05, 3.63) is 70.7 Å². The van der Waals surface area contributed by atoms with Gasteiger partial charge in [-0.25, -0.2) is 4.98 Å². The van der Waals surface area contributed by atoms with Crippen molar-refractivity contribution in [2.45, 2.75) is 45.6 Å². The molecule has 0 N–H and O–H groups in total. The molecule has 0 atom stereocenters. The Bertz CT molecular complexity index is 1100. The van der Waals surface area contributed by atoms with Crippen molar-refractivity contribution in [3.8, 4) is 5.69 Å². The molecule has 0 aliphatic carbocycles. The van der Waals surface area contributed by atoms with Gasteiger partial charge in [-0.15, -0.1) is 5.10 Å². The zero-order chi connectivity index (χ0) is 22.0. The van der Waals surface area contributed by atoms with Gasteiger partial charge in [0, 0.05) is 31.1 Å². The number of hydrogen-bond acceptors (Lipinski definition) is 5. The van der Waals surface area contributed by atoms with E-state index in [0.29, 0.717) is 31.2 Å². The Kier molecular flexibility index (Phi) is 5.71. The van der Waals surface area contributed by atoms with Gasteiger partial charge in [0.1, 0.15) is 0 Å². The van der Waals surface area contributed by atoms with Crippen LogP contribution in [-0.2, 0) is 12.0 Å². The smallest absolute Gasteiger partial charge is 0.276 e. The van der Waals surface area contributed by atoms with Crippen LogP contribution in [0.2, 0.25) is 0 Å². The quantitative estimate of drug-likeness (QED) is 0.648. The van der Waals surface area contributed by atoms with Gasteiger partial charge in [-0.3, -0.25) is 14.2 Å². The first-order chi connectivity index (χ1) is 14.8. The zero-order valence-electron chi connectivity index (χ0n) is 18.2. The van der Waals surface area contributed by atoms with E-state index in [1.807, 2.05) is 56.0 Å². The normalized spacial score (nSPS) is 15.3. The molecule has 1 aromatic carbocycles. The van der Waals surface area contributed by atoms with Gasteiger partial charge in [0.05, 0.1) is 23.9 Å². The summed E-state index contributed by atoms with van der Waals surface area (Å²) in [7, 11) is 0. The first-order valence-corrected chi connectivity index (χ1v) is 10.7. The fourth-order valence-electron chi connectivity index (χ4n) is 3.78. The van der Waals surface area contributed by atoms with E-state index in [1.54, 1.807) is 17.0 Å². The Morgan fingerprint density at radius 1 is 1.13 bits per heavy atom. The molecule has 162 valence electrons. The zero-order valence-corrected chi connectivity index (χ0v) is 18.2. The molecule has 0 radical (unpaired) electrons. The minimum absolute atomic E-state index is 0.0176. The number of para-hydroxylation sites is 1. The lowest BCUT2D eigenvalue weighted by molar-refractivity contribution is 0.0676. The van der Waals surface area contributed by atoms with Crippen molar-refractivity contribution in [3.63, 3.8) is 0 Å². The molecule has 1 fully saturated rings. The van der Waals surface area contributed by atoms with Crippen LogP contribution in [-0.4, -0.2) is 48.4 Å². The molecule has 8 nitrogen and oxygen atoms in total. The van der Waals surface area contributed by atoms with Crippen LogP contribution in [0.5, 0.6) is 0 Å². The van der Waals surface area contributed by atoms with Crippen LogP contribution in [0.1, 0.15) is 49.8 Å². The molecule has 2 aromatic heterocycles. The van der Waals surface area contributed by atoms with Gasteiger partial charge in [-0.05, 0) is 30.9 Å². The fraction of sp³-hybridized carbons (Fsp3) is 0.435. The number of benzene rings is 1. The Hall–Kier alpha value is -3.29. The summed E-state index contributed by atoms with van der Waals surface area (Å²) in [6.45, 7) is 8.05. The second kappa shape index (κ2) is 8.45. The maximum atomic E-state index is 12.8. The minimum Gasteiger partial charge on any atom is -0.337 e. The van der Waals surface area contributed by atoms with E-state index in [1.165, 1.54) is 11.0 Å². The summed E-state index contributed by atoms with van der Waals surface area (Å²) in [5, 5.41) is 8.56. The molecular weight excluding hydrogens is 392 g/mol. The highest BCUT2D eigenvalue weighted by atomic mass is 16.2. The van der Waals surface area contributed by atoms with Crippen LogP contribution in [0.3, 0.4) is 0 Å². The molecular formula is C23H28N6O2. The Labute approximate surface area is 181 Å². The molecule has 1 aliphatic heterocycles.